The number of methoxy groups -OCH3 is 1. The van der Waals surface area contributed by atoms with E-state index in [9.17, 15) is 4.79 Å². The van der Waals surface area contributed by atoms with Crippen molar-refractivity contribution in [3.05, 3.63) is 29.3 Å². The predicted molar refractivity (Wildman–Crippen MR) is 121 cm³/mol. The summed E-state index contributed by atoms with van der Waals surface area (Å²) in [5, 5.41) is 0.862. The van der Waals surface area contributed by atoms with E-state index in [-0.39, 0.29) is 12.4 Å². The fourth-order valence-corrected chi connectivity index (χ4v) is 5.17. The van der Waals surface area contributed by atoms with Gasteiger partial charge in [-0.2, -0.15) is 0 Å². The van der Waals surface area contributed by atoms with E-state index in [2.05, 4.69) is 21.9 Å². The Balaban J connectivity index is 1.28. The monoisotopic (exact) mass is 420 g/mol. The van der Waals surface area contributed by atoms with Crippen molar-refractivity contribution >= 4 is 23.1 Å². The van der Waals surface area contributed by atoms with Crippen molar-refractivity contribution in [2.75, 3.05) is 51.3 Å². The number of benzene rings is 1. The van der Waals surface area contributed by atoms with E-state index in [1.807, 2.05) is 12.1 Å². The van der Waals surface area contributed by atoms with Crippen LogP contribution in [0.15, 0.2) is 24.3 Å². The van der Waals surface area contributed by atoms with Gasteiger partial charge < -0.3 is 9.64 Å². The number of Topliss-reactive ketones (excluding diaryl/α,β-unsaturated/α-hetero) is 1. The molecule has 2 aliphatic rings. The lowest BCUT2D eigenvalue weighted by Gasteiger charge is -2.37. The molecular formula is C24H37ClN2O2. The van der Waals surface area contributed by atoms with Gasteiger partial charge in [0, 0.05) is 39.7 Å². The summed E-state index contributed by atoms with van der Waals surface area (Å²) in [6.07, 6.45) is 9.72. The number of carbonyl (C=O) groups excluding carboxylic acids is 1. The summed E-state index contributed by atoms with van der Waals surface area (Å²) in [4.78, 5) is 16.6. The van der Waals surface area contributed by atoms with Crippen molar-refractivity contribution in [3.8, 4) is 0 Å². The number of hydrogen-bond acceptors (Lipinski definition) is 4. The summed E-state index contributed by atoms with van der Waals surface area (Å²) in [7, 11) is 1.60. The lowest BCUT2D eigenvalue weighted by Crippen LogP contribution is -2.47. The van der Waals surface area contributed by atoms with Crippen LogP contribution in [0.5, 0.6) is 0 Å². The van der Waals surface area contributed by atoms with Crippen LogP contribution in [0.3, 0.4) is 0 Å². The lowest BCUT2D eigenvalue weighted by molar-refractivity contribution is -0.122. The average molecular weight is 421 g/mol. The minimum Gasteiger partial charge on any atom is -0.377 e. The van der Waals surface area contributed by atoms with Crippen LogP contribution in [0.25, 0.3) is 0 Å². The Labute approximate surface area is 181 Å². The Morgan fingerprint density at radius 2 is 1.69 bits per heavy atom. The molecule has 0 bridgehead atoms. The molecule has 0 atom stereocenters. The first-order valence-electron chi connectivity index (χ1n) is 11.4. The second-order valence-electron chi connectivity index (χ2n) is 8.82. The van der Waals surface area contributed by atoms with Crippen LogP contribution in [0, 0.1) is 11.8 Å². The second kappa shape index (κ2) is 11.9. The van der Waals surface area contributed by atoms with E-state index in [1.165, 1.54) is 50.8 Å². The highest BCUT2D eigenvalue weighted by Crippen LogP contribution is 2.34. The van der Waals surface area contributed by atoms with Gasteiger partial charge in [0.15, 0.2) is 5.78 Å². The predicted octanol–water partition coefficient (Wildman–Crippen LogP) is 5.04. The number of nitrogens with zero attached hydrogens (tertiary/aromatic N) is 2. The molecule has 0 unspecified atom stereocenters. The molecule has 0 spiro atoms. The Hall–Kier alpha value is -1.10. The van der Waals surface area contributed by atoms with Crippen molar-refractivity contribution < 1.29 is 9.53 Å². The number of rotatable bonds is 10. The van der Waals surface area contributed by atoms with Gasteiger partial charge in [-0.15, -0.1) is 0 Å². The van der Waals surface area contributed by atoms with E-state index >= 15 is 0 Å². The van der Waals surface area contributed by atoms with E-state index in [1.54, 1.807) is 7.11 Å². The van der Waals surface area contributed by atoms with Crippen molar-refractivity contribution in [1.29, 1.82) is 0 Å². The highest BCUT2D eigenvalue weighted by atomic mass is 35.5. The average Bonchev–Trinajstić information content (AvgIpc) is 2.74. The van der Waals surface area contributed by atoms with Crippen molar-refractivity contribution in [1.82, 2.24) is 4.90 Å². The number of anilines is 1. The van der Waals surface area contributed by atoms with Gasteiger partial charge in [0.05, 0.1) is 10.7 Å². The molecule has 5 heteroatoms. The van der Waals surface area contributed by atoms with Crippen LogP contribution in [0.4, 0.5) is 5.69 Å². The summed E-state index contributed by atoms with van der Waals surface area (Å²) in [5.74, 6) is 1.97. The third-order valence-electron chi connectivity index (χ3n) is 6.76. The standard InChI is InChI=1S/C24H37ClN2O2/c1-29-19-22(28)6-4-5-20-9-11-21(12-10-20)13-14-26-15-17-27(18-16-26)24-8-3-2-7-23(24)25/h2-3,7-8,20-21H,4-6,9-19H2,1H3. The second-order valence-corrected chi connectivity index (χ2v) is 9.23. The highest BCUT2D eigenvalue weighted by molar-refractivity contribution is 6.33. The van der Waals surface area contributed by atoms with Crippen molar-refractivity contribution in [2.24, 2.45) is 11.8 Å². The molecule has 1 saturated carbocycles. The summed E-state index contributed by atoms with van der Waals surface area (Å²) in [6.45, 7) is 5.92. The molecule has 2 fully saturated rings. The molecule has 1 heterocycles. The summed E-state index contributed by atoms with van der Waals surface area (Å²) in [5.41, 5.74) is 1.18. The molecule has 1 aliphatic carbocycles. The normalized spacial score (nSPS) is 23.3. The number of carbonyl (C=O) groups is 1. The topological polar surface area (TPSA) is 32.8 Å². The van der Waals surface area contributed by atoms with Crippen molar-refractivity contribution in [2.45, 2.75) is 51.4 Å². The minimum absolute atomic E-state index is 0.246. The molecule has 0 aromatic heterocycles. The molecule has 162 valence electrons. The Kier molecular flexibility index (Phi) is 9.29. The van der Waals surface area contributed by atoms with Gasteiger partial charge in [-0.25, -0.2) is 0 Å². The fraction of sp³-hybridized carbons (Fsp3) is 0.708. The van der Waals surface area contributed by atoms with E-state index in [0.717, 1.165) is 49.5 Å². The Morgan fingerprint density at radius 1 is 1.03 bits per heavy atom. The molecule has 29 heavy (non-hydrogen) atoms. The quantitative estimate of drug-likeness (QED) is 0.530. The van der Waals surface area contributed by atoms with Crippen LogP contribution in [0.2, 0.25) is 5.02 Å². The van der Waals surface area contributed by atoms with Gasteiger partial charge in [-0.05, 0) is 43.4 Å². The molecule has 1 aromatic rings. The molecule has 0 amide bonds. The van der Waals surface area contributed by atoms with Gasteiger partial charge in [0.25, 0.3) is 0 Å². The number of ketones is 1. The summed E-state index contributed by atoms with van der Waals surface area (Å²) < 4.78 is 4.91. The fourth-order valence-electron chi connectivity index (χ4n) is 4.92. The molecular weight excluding hydrogens is 384 g/mol. The maximum Gasteiger partial charge on any atom is 0.158 e. The maximum absolute atomic E-state index is 11.6. The first-order chi connectivity index (χ1) is 14.2. The van der Waals surface area contributed by atoms with Crippen molar-refractivity contribution in [3.63, 3.8) is 0 Å². The SMILES string of the molecule is COCC(=O)CCCC1CCC(CCN2CCN(c3ccccc3Cl)CC2)CC1. The smallest absolute Gasteiger partial charge is 0.158 e. The summed E-state index contributed by atoms with van der Waals surface area (Å²) in [6, 6.07) is 8.18. The first-order valence-corrected chi connectivity index (χ1v) is 11.8. The highest BCUT2D eigenvalue weighted by Gasteiger charge is 2.23. The Morgan fingerprint density at radius 3 is 2.34 bits per heavy atom. The number of hydrogen-bond donors (Lipinski definition) is 0. The van der Waals surface area contributed by atoms with E-state index in [0.29, 0.717) is 6.42 Å². The number of ether oxygens (including phenoxy) is 1. The van der Waals surface area contributed by atoms with Gasteiger partial charge in [-0.3, -0.25) is 9.69 Å². The number of halogens is 1. The summed E-state index contributed by atoms with van der Waals surface area (Å²) >= 11 is 6.35. The number of piperazine rings is 1. The van der Waals surface area contributed by atoms with Gasteiger partial charge in [0.2, 0.25) is 0 Å². The van der Waals surface area contributed by atoms with Crippen LogP contribution >= 0.6 is 11.6 Å². The van der Waals surface area contributed by atoms with E-state index in [4.69, 9.17) is 16.3 Å². The van der Waals surface area contributed by atoms with Crippen LogP contribution < -0.4 is 4.90 Å². The largest absolute Gasteiger partial charge is 0.377 e. The van der Waals surface area contributed by atoms with Gasteiger partial charge in [-0.1, -0.05) is 55.8 Å². The van der Waals surface area contributed by atoms with Crippen LogP contribution in [0.1, 0.15) is 51.4 Å². The Bertz CT molecular complexity index is 623. The number of para-hydroxylation sites is 1. The van der Waals surface area contributed by atoms with E-state index < -0.39 is 0 Å². The lowest BCUT2D eigenvalue weighted by atomic mass is 9.78. The molecule has 1 aromatic carbocycles. The third-order valence-corrected chi connectivity index (χ3v) is 7.08. The molecule has 0 radical (unpaired) electrons. The minimum atomic E-state index is 0.246. The zero-order chi connectivity index (χ0) is 20.5. The zero-order valence-electron chi connectivity index (χ0n) is 18.0. The van der Waals surface area contributed by atoms with Crippen LogP contribution in [-0.2, 0) is 9.53 Å². The first kappa shape index (κ1) is 22.6. The molecule has 3 rings (SSSR count). The van der Waals surface area contributed by atoms with Crippen LogP contribution in [-0.4, -0.2) is 57.1 Å². The molecule has 1 aliphatic heterocycles. The molecule has 1 saturated heterocycles. The maximum atomic E-state index is 11.6. The van der Waals surface area contributed by atoms with Gasteiger partial charge in [0.1, 0.15) is 6.61 Å². The zero-order valence-corrected chi connectivity index (χ0v) is 18.7. The third kappa shape index (κ3) is 7.27. The molecule has 0 N–H and O–H groups in total. The van der Waals surface area contributed by atoms with Gasteiger partial charge >= 0.3 is 0 Å². The molecule has 4 nitrogen and oxygen atoms in total.